The lowest BCUT2D eigenvalue weighted by Gasteiger charge is -2.32. The van der Waals surface area contributed by atoms with Gasteiger partial charge in [-0.05, 0) is 23.6 Å². The summed E-state index contributed by atoms with van der Waals surface area (Å²) >= 11 is 0. The largest absolute Gasteiger partial charge is 0.299 e. The maximum Gasteiger partial charge on any atom is 0.142 e. The van der Waals surface area contributed by atoms with E-state index < -0.39 is 0 Å². The van der Waals surface area contributed by atoms with Gasteiger partial charge < -0.3 is 0 Å². The predicted molar refractivity (Wildman–Crippen MR) is 83.8 cm³/mol. The molecule has 102 valence electrons. The molecular formula is C19H20O. The molecule has 0 bridgehead atoms. The van der Waals surface area contributed by atoms with E-state index in [0.29, 0.717) is 0 Å². The third kappa shape index (κ3) is 2.88. The van der Waals surface area contributed by atoms with Crippen molar-refractivity contribution in [2.24, 2.45) is 0 Å². The number of rotatable bonds is 6. The van der Waals surface area contributed by atoms with E-state index in [0.717, 1.165) is 19.1 Å². The number of allylic oxidation sites excluding steroid dienone is 2. The molecule has 1 nitrogen and oxygen atoms in total. The second-order valence-electron chi connectivity index (χ2n) is 4.95. The first-order valence-electron chi connectivity index (χ1n) is 7.07. The van der Waals surface area contributed by atoms with Crippen molar-refractivity contribution in [2.75, 3.05) is 0 Å². The first-order chi connectivity index (χ1) is 9.83. The summed E-state index contributed by atoms with van der Waals surface area (Å²) in [6.07, 6.45) is 6.54. The number of carbonyl (C=O) groups excluding carboxylic acids is 1. The van der Waals surface area contributed by atoms with E-state index in [-0.39, 0.29) is 5.41 Å². The van der Waals surface area contributed by atoms with Crippen LogP contribution in [0.2, 0.25) is 0 Å². The van der Waals surface area contributed by atoms with Gasteiger partial charge in [-0.1, -0.05) is 80.1 Å². The Labute approximate surface area is 121 Å². The van der Waals surface area contributed by atoms with E-state index in [4.69, 9.17) is 0 Å². The van der Waals surface area contributed by atoms with Crippen LogP contribution in [-0.2, 0) is 10.2 Å². The lowest BCUT2D eigenvalue weighted by Crippen LogP contribution is -2.25. The number of benzene rings is 2. The fourth-order valence-electron chi connectivity index (χ4n) is 2.80. The molecule has 2 rings (SSSR count). The smallest absolute Gasteiger partial charge is 0.142 e. The molecule has 0 heterocycles. The van der Waals surface area contributed by atoms with Crippen LogP contribution in [0.3, 0.4) is 0 Å². The fraction of sp³-hybridized carbons (Fsp3) is 0.211. The van der Waals surface area contributed by atoms with Gasteiger partial charge in [-0.15, -0.1) is 0 Å². The Bertz CT molecular complexity index is 515. The second kappa shape index (κ2) is 6.85. The average molecular weight is 264 g/mol. The van der Waals surface area contributed by atoms with Gasteiger partial charge >= 0.3 is 0 Å². The first kappa shape index (κ1) is 14.3. The summed E-state index contributed by atoms with van der Waals surface area (Å²) in [6.45, 7) is 2.18. The molecule has 0 aliphatic rings. The van der Waals surface area contributed by atoms with Gasteiger partial charge in [0.1, 0.15) is 6.29 Å². The summed E-state index contributed by atoms with van der Waals surface area (Å²) in [4.78, 5) is 10.8. The molecule has 0 saturated heterocycles. The Hall–Kier alpha value is -2.15. The molecule has 0 radical (unpaired) electrons. The topological polar surface area (TPSA) is 17.1 Å². The van der Waals surface area contributed by atoms with E-state index in [1.165, 1.54) is 11.1 Å². The van der Waals surface area contributed by atoms with Crippen molar-refractivity contribution >= 4 is 6.29 Å². The fourth-order valence-corrected chi connectivity index (χ4v) is 2.80. The Morgan fingerprint density at radius 3 is 1.80 bits per heavy atom. The minimum absolute atomic E-state index is 0.224. The molecule has 0 fully saturated rings. The number of hydrogen-bond donors (Lipinski definition) is 0. The zero-order chi connectivity index (χ0) is 14.3. The first-order valence-corrected chi connectivity index (χ1v) is 7.07. The van der Waals surface area contributed by atoms with Gasteiger partial charge in [0.15, 0.2) is 0 Å². The standard InChI is InChI=1S/C19H20O/c1-2-14-19(15-9-16-20,17-10-5-3-6-11-17)18-12-7-4-8-13-18/h3-13,15-16H,2,14H2,1H3/b15-9-. The van der Waals surface area contributed by atoms with E-state index in [1.54, 1.807) is 6.08 Å². The maximum absolute atomic E-state index is 10.8. The van der Waals surface area contributed by atoms with E-state index >= 15 is 0 Å². The molecule has 2 aromatic rings. The highest BCUT2D eigenvalue weighted by Gasteiger charge is 2.30. The van der Waals surface area contributed by atoms with Crippen LogP contribution in [0.1, 0.15) is 30.9 Å². The molecule has 20 heavy (non-hydrogen) atoms. The highest BCUT2D eigenvalue weighted by Crippen LogP contribution is 2.38. The predicted octanol–water partition coefficient (Wildman–Crippen LogP) is 4.53. The lowest BCUT2D eigenvalue weighted by molar-refractivity contribution is -0.104. The Kier molecular flexibility index (Phi) is 4.89. The molecule has 0 saturated carbocycles. The monoisotopic (exact) mass is 264 g/mol. The molecule has 2 aromatic carbocycles. The van der Waals surface area contributed by atoms with Crippen molar-refractivity contribution in [3.05, 3.63) is 83.9 Å². The van der Waals surface area contributed by atoms with Gasteiger partial charge in [-0.3, -0.25) is 4.79 Å². The number of aldehydes is 1. The summed E-state index contributed by atoms with van der Waals surface area (Å²) in [6, 6.07) is 20.8. The van der Waals surface area contributed by atoms with E-state index in [1.807, 2.05) is 18.2 Å². The summed E-state index contributed by atoms with van der Waals surface area (Å²) in [5, 5.41) is 0. The van der Waals surface area contributed by atoms with Crippen LogP contribution in [-0.4, -0.2) is 6.29 Å². The van der Waals surface area contributed by atoms with Gasteiger partial charge in [-0.2, -0.15) is 0 Å². The minimum atomic E-state index is -0.224. The lowest BCUT2D eigenvalue weighted by atomic mass is 9.71. The van der Waals surface area contributed by atoms with Crippen LogP contribution in [0.15, 0.2) is 72.8 Å². The van der Waals surface area contributed by atoms with Gasteiger partial charge in [0.25, 0.3) is 0 Å². The Balaban J connectivity index is 2.62. The number of hydrogen-bond acceptors (Lipinski definition) is 1. The average Bonchev–Trinajstić information content (AvgIpc) is 2.53. The molecule has 0 unspecified atom stereocenters. The third-order valence-electron chi connectivity index (χ3n) is 3.68. The summed E-state index contributed by atoms with van der Waals surface area (Å²) < 4.78 is 0. The Morgan fingerprint density at radius 2 is 1.40 bits per heavy atom. The van der Waals surface area contributed by atoms with Gasteiger partial charge in [-0.25, -0.2) is 0 Å². The van der Waals surface area contributed by atoms with Crippen LogP contribution in [0.25, 0.3) is 0 Å². The molecular weight excluding hydrogens is 244 g/mol. The third-order valence-corrected chi connectivity index (χ3v) is 3.68. The van der Waals surface area contributed by atoms with Gasteiger partial charge in [0.2, 0.25) is 0 Å². The van der Waals surface area contributed by atoms with Crippen molar-refractivity contribution in [1.82, 2.24) is 0 Å². The normalized spacial score (nSPS) is 11.7. The minimum Gasteiger partial charge on any atom is -0.299 e. The van der Waals surface area contributed by atoms with E-state index in [2.05, 4.69) is 55.5 Å². The van der Waals surface area contributed by atoms with E-state index in [9.17, 15) is 4.79 Å². The van der Waals surface area contributed by atoms with Gasteiger partial charge in [0.05, 0.1) is 0 Å². The van der Waals surface area contributed by atoms with Crippen LogP contribution < -0.4 is 0 Å². The van der Waals surface area contributed by atoms with Crippen molar-refractivity contribution in [3.63, 3.8) is 0 Å². The highest BCUT2D eigenvalue weighted by molar-refractivity contribution is 5.66. The molecule has 0 N–H and O–H groups in total. The Morgan fingerprint density at radius 1 is 0.900 bits per heavy atom. The SMILES string of the molecule is CCCC(/C=C\C=O)(c1ccccc1)c1ccccc1. The molecule has 0 spiro atoms. The summed E-state index contributed by atoms with van der Waals surface area (Å²) in [5.74, 6) is 0. The van der Waals surface area contributed by atoms with Crippen molar-refractivity contribution in [2.45, 2.75) is 25.2 Å². The summed E-state index contributed by atoms with van der Waals surface area (Å²) in [5.41, 5.74) is 2.23. The summed E-state index contributed by atoms with van der Waals surface area (Å²) in [7, 11) is 0. The zero-order valence-corrected chi connectivity index (χ0v) is 11.8. The van der Waals surface area contributed by atoms with Crippen LogP contribution >= 0.6 is 0 Å². The van der Waals surface area contributed by atoms with Gasteiger partial charge in [0, 0.05) is 5.41 Å². The van der Waals surface area contributed by atoms with Crippen LogP contribution in [0.4, 0.5) is 0 Å². The molecule has 0 aromatic heterocycles. The molecule has 0 aliphatic heterocycles. The molecule has 0 atom stereocenters. The quantitative estimate of drug-likeness (QED) is 0.553. The van der Waals surface area contributed by atoms with Crippen molar-refractivity contribution < 1.29 is 4.79 Å². The van der Waals surface area contributed by atoms with Crippen LogP contribution in [0.5, 0.6) is 0 Å². The molecule has 0 amide bonds. The second-order valence-corrected chi connectivity index (χ2v) is 4.95. The van der Waals surface area contributed by atoms with Crippen molar-refractivity contribution in [1.29, 1.82) is 0 Å². The molecule has 1 heteroatoms. The number of carbonyl (C=O) groups is 1. The molecule has 0 aliphatic carbocycles. The van der Waals surface area contributed by atoms with Crippen molar-refractivity contribution in [3.8, 4) is 0 Å². The van der Waals surface area contributed by atoms with Crippen LogP contribution in [0, 0.1) is 0 Å². The maximum atomic E-state index is 10.8. The highest BCUT2D eigenvalue weighted by atomic mass is 16.1. The zero-order valence-electron chi connectivity index (χ0n) is 11.8.